The summed E-state index contributed by atoms with van der Waals surface area (Å²) in [6, 6.07) is 15.8. The highest BCUT2D eigenvalue weighted by molar-refractivity contribution is 5.95. The summed E-state index contributed by atoms with van der Waals surface area (Å²) in [4.78, 5) is 36.8. The number of methoxy groups -OCH3 is 1. The summed E-state index contributed by atoms with van der Waals surface area (Å²) in [7, 11) is 2.92. The van der Waals surface area contributed by atoms with Crippen molar-refractivity contribution < 1.29 is 23.9 Å². The lowest BCUT2D eigenvalue weighted by molar-refractivity contribution is -0.143. The molecule has 0 spiro atoms. The third kappa shape index (κ3) is 6.23. The topological polar surface area (TPSA) is 84.9 Å². The highest BCUT2D eigenvalue weighted by atomic mass is 16.5. The zero-order valence-electron chi connectivity index (χ0n) is 15.3. The number of hydrogen-bond acceptors (Lipinski definition) is 6. The summed E-state index contributed by atoms with van der Waals surface area (Å²) >= 11 is 0. The Labute approximate surface area is 157 Å². The Hall–Kier alpha value is -3.19. The van der Waals surface area contributed by atoms with Crippen LogP contribution < -0.4 is 10.2 Å². The first kappa shape index (κ1) is 20.1. The molecule has 27 heavy (non-hydrogen) atoms. The summed E-state index contributed by atoms with van der Waals surface area (Å²) in [6.45, 7) is 0.116. The van der Waals surface area contributed by atoms with Crippen molar-refractivity contribution in [3.8, 4) is 0 Å². The monoisotopic (exact) mass is 370 g/mol. The minimum Gasteiger partial charge on any atom is -0.465 e. The molecule has 2 rings (SSSR count). The molecule has 0 unspecified atom stereocenters. The van der Waals surface area contributed by atoms with Gasteiger partial charge in [-0.2, -0.15) is 0 Å². The van der Waals surface area contributed by atoms with Crippen LogP contribution in [0.15, 0.2) is 54.6 Å². The average molecular weight is 370 g/mol. The Morgan fingerprint density at radius 1 is 0.963 bits per heavy atom. The maximum absolute atomic E-state index is 12.2. The molecule has 142 valence electrons. The highest BCUT2D eigenvalue weighted by Gasteiger charge is 2.13. The van der Waals surface area contributed by atoms with E-state index >= 15 is 0 Å². The minimum atomic E-state index is -0.439. The largest absolute Gasteiger partial charge is 0.465 e. The van der Waals surface area contributed by atoms with Gasteiger partial charge in [0.2, 0.25) is 5.91 Å². The Bertz CT molecular complexity index is 775. The van der Waals surface area contributed by atoms with E-state index in [2.05, 4.69) is 10.1 Å². The summed E-state index contributed by atoms with van der Waals surface area (Å²) < 4.78 is 9.77. The molecule has 0 heterocycles. The molecule has 0 aliphatic carbocycles. The summed E-state index contributed by atoms with van der Waals surface area (Å²) in [5, 5.41) is 2.77. The maximum Gasteiger partial charge on any atom is 0.337 e. The highest BCUT2D eigenvalue weighted by Crippen LogP contribution is 2.14. The number of anilines is 1. The third-order valence-electron chi connectivity index (χ3n) is 3.84. The predicted molar refractivity (Wildman–Crippen MR) is 100 cm³/mol. The number of ether oxygens (including phenoxy) is 2. The van der Waals surface area contributed by atoms with Gasteiger partial charge in [0.15, 0.2) is 0 Å². The maximum atomic E-state index is 12.2. The number of nitrogens with zero attached hydrogens (tertiary/aromatic N) is 1. The van der Waals surface area contributed by atoms with Gasteiger partial charge in [0.1, 0.15) is 6.61 Å². The van der Waals surface area contributed by atoms with Gasteiger partial charge in [-0.25, -0.2) is 4.79 Å². The van der Waals surface area contributed by atoms with Crippen LogP contribution in [0.5, 0.6) is 0 Å². The molecule has 1 amide bonds. The van der Waals surface area contributed by atoms with Crippen LogP contribution in [0.1, 0.15) is 15.9 Å². The molecule has 0 aromatic heterocycles. The molecule has 7 nitrogen and oxygen atoms in total. The molecule has 0 bridgehead atoms. The lowest BCUT2D eigenvalue weighted by atomic mass is 10.2. The zero-order chi connectivity index (χ0) is 19.6. The molecule has 0 aliphatic heterocycles. The van der Waals surface area contributed by atoms with Crippen LogP contribution in [-0.4, -0.2) is 45.1 Å². The van der Waals surface area contributed by atoms with Crippen molar-refractivity contribution in [1.29, 1.82) is 0 Å². The van der Waals surface area contributed by atoms with Gasteiger partial charge in [-0.3, -0.25) is 14.9 Å². The standard InChI is InChI=1S/C20H22N2O5/c1-22(17-10-8-16(9-11-17)20(25)26-2)18(23)12-21-13-19(24)27-14-15-6-4-3-5-7-15/h3-11,21H,12-14H2,1-2H3. The van der Waals surface area contributed by atoms with Crippen molar-refractivity contribution in [2.75, 3.05) is 32.1 Å². The molecular weight excluding hydrogens is 348 g/mol. The number of likely N-dealkylation sites (N-methyl/N-ethyl adjacent to an activating group) is 1. The Morgan fingerprint density at radius 3 is 2.26 bits per heavy atom. The molecule has 2 aromatic rings. The Kier molecular flexibility index (Phi) is 7.51. The first-order chi connectivity index (χ1) is 13.0. The number of benzene rings is 2. The van der Waals surface area contributed by atoms with Crippen molar-refractivity contribution >= 4 is 23.5 Å². The van der Waals surface area contributed by atoms with E-state index in [-0.39, 0.29) is 25.6 Å². The fraction of sp³-hybridized carbons (Fsp3) is 0.250. The molecule has 2 aromatic carbocycles. The van der Waals surface area contributed by atoms with Crippen LogP contribution in [0, 0.1) is 0 Å². The summed E-state index contributed by atoms with van der Waals surface area (Å²) in [6.07, 6.45) is 0. The lowest BCUT2D eigenvalue weighted by Gasteiger charge is -2.17. The number of carbonyl (C=O) groups excluding carboxylic acids is 3. The van der Waals surface area contributed by atoms with E-state index in [4.69, 9.17) is 4.74 Å². The first-order valence-corrected chi connectivity index (χ1v) is 8.36. The molecule has 0 aliphatic rings. The van der Waals surface area contributed by atoms with E-state index in [1.807, 2.05) is 30.3 Å². The van der Waals surface area contributed by atoms with Gasteiger partial charge in [-0.1, -0.05) is 30.3 Å². The van der Waals surface area contributed by atoms with Gasteiger partial charge in [0.25, 0.3) is 0 Å². The van der Waals surface area contributed by atoms with Crippen LogP contribution in [-0.2, 0) is 25.7 Å². The number of esters is 2. The first-order valence-electron chi connectivity index (χ1n) is 8.36. The van der Waals surface area contributed by atoms with Crippen molar-refractivity contribution in [3.63, 3.8) is 0 Å². The van der Waals surface area contributed by atoms with E-state index in [9.17, 15) is 14.4 Å². The molecule has 0 saturated heterocycles. The van der Waals surface area contributed by atoms with E-state index < -0.39 is 11.9 Å². The predicted octanol–water partition coefficient (Wildman–Crippen LogP) is 1.77. The normalized spacial score (nSPS) is 10.1. The fourth-order valence-electron chi connectivity index (χ4n) is 2.26. The number of amides is 1. The molecular formula is C20H22N2O5. The fourth-order valence-corrected chi connectivity index (χ4v) is 2.26. The number of carbonyl (C=O) groups is 3. The number of hydrogen-bond donors (Lipinski definition) is 1. The van der Waals surface area contributed by atoms with Crippen molar-refractivity contribution in [2.24, 2.45) is 0 Å². The molecule has 1 N–H and O–H groups in total. The van der Waals surface area contributed by atoms with Gasteiger partial charge in [-0.05, 0) is 29.8 Å². The second kappa shape index (κ2) is 10.1. The van der Waals surface area contributed by atoms with Crippen molar-refractivity contribution in [2.45, 2.75) is 6.61 Å². The molecule has 0 radical (unpaired) electrons. The summed E-state index contributed by atoms with van der Waals surface area (Å²) in [5.74, 6) is -1.10. The molecule has 0 saturated carbocycles. The summed E-state index contributed by atoms with van der Waals surface area (Å²) in [5.41, 5.74) is 1.93. The van der Waals surface area contributed by atoms with Crippen molar-refractivity contribution in [3.05, 3.63) is 65.7 Å². The third-order valence-corrected chi connectivity index (χ3v) is 3.84. The second-order valence-electron chi connectivity index (χ2n) is 5.74. The van der Waals surface area contributed by atoms with Crippen LogP contribution in [0.25, 0.3) is 0 Å². The van der Waals surface area contributed by atoms with Gasteiger partial charge in [0, 0.05) is 12.7 Å². The van der Waals surface area contributed by atoms with Crippen molar-refractivity contribution in [1.82, 2.24) is 5.32 Å². The molecule has 0 atom stereocenters. The minimum absolute atomic E-state index is 0.0182. The van der Waals surface area contributed by atoms with E-state index in [1.165, 1.54) is 12.0 Å². The van der Waals surface area contributed by atoms with Crippen LogP contribution in [0.3, 0.4) is 0 Å². The lowest BCUT2D eigenvalue weighted by Crippen LogP contribution is -2.37. The zero-order valence-corrected chi connectivity index (χ0v) is 15.3. The SMILES string of the molecule is COC(=O)c1ccc(N(C)C(=O)CNCC(=O)OCc2ccccc2)cc1. The van der Waals surface area contributed by atoms with Gasteiger partial charge < -0.3 is 14.4 Å². The van der Waals surface area contributed by atoms with Gasteiger partial charge in [-0.15, -0.1) is 0 Å². The van der Waals surface area contributed by atoms with Crippen LogP contribution in [0.4, 0.5) is 5.69 Å². The molecule has 0 fully saturated rings. The van der Waals surface area contributed by atoms with E-state index in [0.717, 1.165) is 5.56 Å². The van der Waals surface area contributed by atoms with Gasteiger partial charge >= 0.3 is 11.9 Å². The average Bonchev–Trinajstić information content (AvgIpc) is 2.72. The Morgan fingerprint density at radius 2 is 1.63 bits per heavy atom. The van der Waals surface area contributed by atoms with Crippen LogP contribution >= 0.6 is 0 Å². The Balaban J connectivity index is 1.74. The van der Waals surface area contributed by atoms with Gasteiger partial charge in [0.05, 0.1) is 25.8 Å². The van der Waals surface area contributed by atoms with E-state index in [1.54, 1.807) is 31.3 Å². The van der Waals surface area contributed by atoms with E-state index in [0.29, 0.717) is 11.3 Å². The van der Waals surface area contributed by atoms with Crippen LogP contribution in [0.2, 0.25) is 0 Å². The molecule has 7 heteroatoms. The second-order valence-corrected chi connectivity index (χ2v) is 5.74. The quantitative estimate of drug-likeness (QED) is 0.713. The number of rotatable bonds is 8. The smallest absolute Gasteiger partial charge is 0.337 e. The number of nitrogens with one attached hydrogen (secondary N) is 1.